The van der Waals surface area contributed by atoms with E-state index in [9.17, 15) is 13.2 Å². The Morgan fingerprint density at radius 3 is 2.38 bits per heavy atom. The summed E-state index contributed by atoms with van der Waals surface area (Å²) in [4.78, 5) is 18.0. The maximum absolute atomic E-state index is 12.7. The first kappa shape index (κ1) is 19.3. The van der Waals surface area contributed by atoms with E-state index in [0.29, 0.717) is 36.1 Å². The minimum atomic E-state index is -3.56. The number of aromatic nitrogens is 1. The van der Waals surface area contributed by atoms with E-state index in [4.69, 9.17) is 11.6 Å². The number of rotatable bonds is 4. The molecule has 0 saturated carbocycles. The second kappa shape index (κ2) is 7.64. The summed E-state index contributed by atoms with van der Waals surface area (Å²) in [6.07, 6.45) is 0.976. The smallest absolute Gasteiger partial charge is 0.243 e. The molecule has 1 N–H and O–H groups in total. The molecule has 26 heavy (non-hydrogen) atoms. The Bertz CT molecular complexity index is 882. The van der Waals surface area contributed by atoms with Crippen molar-refractivity contribution in [2.24, 2.45) is 5.92 Å². The molecule has 0 radical (unpaired) electrons. The van der Waals surface area contributed by atoms with Gasteiger partial charge in [-0.05, 0) is 51.0 Å². The van der Waals surface area contributed by atoms with Crippen LogP contribution in [0.2, 0.25) is 5.02 Å². The van der Waals surface area contributed by atoms with Gasteiger partial charge < -0.3 is 5.32 Å². The number of sulfonamides is 1. The van der Waals surface area contributed by atoms with Crippen LogP contribution in [0.3, 0.4) is 0 Å². The van der Waals surface area contributed by atoms with Gasteiger partial charge in [-0.15, -0.1) is 11.3 Å². The van der Waals surface area contributed by atoms with Crippen molar-refractivity contribution in [1.29, 1.82) is 0 Å². The minimum Gasteiger partial charge on any atom is -0.302 e. The van der Waals surface area contributed by atoms with Crippen LogP contribution in [0.1, 0.15) is 23.4 Å². The Hall–Kier alpha value is -1.48. The number of nitrogens with zero attached hydrogens (tertiary/aromatic N) is 2. The molecule has 0 spiro atoms. The Labute approximate surface area is 162 Å². The van der Waals surface area contributed by atoms with E-state index in [2.05, 4.69) is 10.3 Å². The van der Waals surface area contributed by atoms with Crippen molar-refractivity contribution in [3.05, 3.63) is 39.9 Å². The highest BCUT2D eigenvalue weighted by molar-refractivity contribution is 7.89. The summed E-state index contributed by atoms with van der Waals surface area (Å²) in [6.45, 7) is 4.50. The fraction of sp³-hybridized carbons (Fsp3) is 0.412. The normalized spacial score (nSPS) is 16.6. The van der Waals surface area contributed by atoms with Crippen LogP contribution in [0.5, 0.6) is 0 Å². The third-order valence-electron chi connectivity index (χ3n) is 4.53. The van der Waals surface area contributed by atoms with Crippen LogP contribution in [0.15, 0.2) is 29.2 Å². The number of carbonyl (C=O) groups excluding carboxylic acids is 1. The van der Waals surface area contributed by atoms with Gasteiger partial charge in [-0.2, -0.15) is 4.31 Å². The maximum atomic E-state index is 12.7. The topological polar surface area (TPSA) is 79.4 Å². The van der Waals surface area contributed by atoms with Gasteiger partial charge in [-0.1, -0.05) is 11.6 Å². The zero-order valence-corrected chi connectivity index (χ0v) is 16.9. The van der Waals surface area contributed by atoms with Crippen molar-refractivity contribution < 1.29 is 13.2 Å². The fourth-order valence-corrected chi connectivity index (χ4v) is 5.26. The van der Waals surface area contributed by atoms with Crippen LogP contribution in [-0.2, 0) is 14.8 Å². The summed E-state index contributed by atoms with van der Waals surface area (Å²) in [5.74, 6) is -0.307. The fourth-order valence-electron chi connectivity index (χ4n) is 2.85. The molecule has 140 valence electrons. The first-order chi connectivity index (χ1) is 12.3. The van der Waals surface area contributed by atoms with Gasteiger partial charge in [-0.3, -0.25) is 4.79 Å². The van der Waals surface area contributed by atoms with E-state index in [1.807, 2.05) is 13.8 Å². The van der Waals surface area contributed by atoms with Crippen LogP contribution in [-0.4, -0.2) is 36.7 Å². The lowest BCUT2D eigenvalue weighted by Gasteiger charge is -2.30. The molecule has 2 aromatic rings. The standard InChI is InChI=1S/C17H20ClN3O3S2/c1-11-12(2)25-17(19-11)20-16(22)13-7-9-21(10-8-13)26(23,24)15-5-3-14(18)4-6-15/h3-6,13H,7-10H2,1-2H3,(H,19,20,22). The number of benzene rings is 1. The molecule has 3 rings (SSSR count). The third kappa shape index (κ3) is 4.09. The van der Waals surface area contributed by atoms with E-state index in [-0.39, 0.29) is 16.7 Å². The molecule has 1 aromatic heterocycles. The van der Waals surface area contributed by atoms with E-state index in [1.54, 1.807) is 12.1 Å². The highest BCUT2D eigenvalue weighted by Crippen LogP contribution is 2.27. The van der Waals surface area contributed by atoms with Crippen molar-refractivity contribution in [2.75, 3.05) is 18.4 Å². The third-order valence-corrected chi connectivity index (χ3v) is 7.69. The van der Waals surface area contributed by atoms with E-state index >= 15 is 0 Å². The average molecular weight is 414 g/mol. The molecule has 1 saturated heterocycles. The van der Waals surface area contributed by atoms with Crippen molar-refractivity contribution >= 4 is 44.0 Å². The number of halogens is 1. The molecule has 9 heteroatoms. The van der Waals surface area contributed by atoms with Gasteiger partial charge in [0.25, 0.3) is 0 Å². The number of hydrogen-bond acceptors (Lipinski definition) is 5. The molecule has 6 nitrogen and oxygen atoms in total. The van der Waals surface area contributed by atoms with Crippen LogP contribution in [0, 0.1) is 19.8 Å². The summed E-state index contributed by atoms with van der Waals surface area (Å²) in [7, 11) is -3.56. The molecule has 1 aromatic carbocycles. The lowest BCUT2D eigenvalue weighted by molar-refractivity contribution is -0.120. The molecular formula is C17H20ClN3O3S2. The number of anilines is 1. The van der Waals surface area contributed by atoms with Gasteiger partial charge in [0, 0.05) is 28.9 Å². The minimum absolute atomic E-state index is 0.0951. The Morgan fingerprint density at radius 1 is 1.23 bits per heavy atom. The maximum Gasteiger partial charge on any atom is 0.243 e. The van der Waals surface area contributed by atoms with Crippen molar-refractivity contribution in [3.8, 4) is 0 Å². The number of piperidine rings is 1. The largest absolute Gasteiger partial charge is 0.302 e. The van der Waals surface area contributed by atoms with Crippen molar-refractivity contribution in [1.82, 2.24) is 9.29 Å². The zero-order valence-electron chi connectivity index (χ0n) is 14.5. The van der Waals surface area contributed by atoms with E-state index < -0.39 is 10.0 Å². The Balaban J connectivity index is 1.61. The number of hydrogen-bond donors (Lipinski definition) is 1. The molecule has 1 fully saturated rings. The van der Waals surface area contributed by atoms with Gasteiger partial charge in [0.15, 0.2) is 5.13 Å². The number of carbonyl (C=O) groups is 1. The van der Waals surface area contributed by atoms with Gasteiger partial charge in [-0.25, -0.2) is 13.4 Å². The average Bonchev–Trinajstić information content (AvgIpc) is 2.92. The van der Waals surface area contributed by atoms with Crippen LogP contribution in [0.25, 0.3) is 0 Å². The predicted octanol–water partition coefficient (Wildman–Crippen LogP) is 3.45. The van der Waals surface area contributed by atoms with Crippen LogP contribution in [0.4, 0.5) is 5.13 Å². The summed E-state index contributed by atoms with van der Waals surface area (Å²) >= 11 is 7.27. The quantitative estimate of drug-likeness (QED) is 0.832. The number of aryl methyl sites for hydroxylation is 2. The predicted molar refractivity (Wildman–Crippen MR) is 103 cm³/mol. The van der Waals surface area contributed by atoms with Gasteiger partial charge in [0.05, 0.1) is 10.6 Å². The summed E-state index contributed by atoms with van der Waals surface area (Å²) in [5, 5.41) is 3.94. The molecule has 1 aliphatic heterocycles. The summed E-state index contributed by atoms with van der Waals surface area (Å²) in [6, 6.07) is 6.13. The van der Waals surface area contributed by atoms with Crippen LogP contribution < -0.4 is 5.32 Å². The van der Waals surface area contributed by atoms with Gasteiger partial charge in [0.1, 0.15) is 0 Å². The first-order valence-corrected chi connectivity index (χ1v) is 10.9. The zero-order chi connectivity index (χ0) is 18.9. The Kier molecular flexibility index (Phi) is 5.67. The molecule has 1 aliphatic rings. The second-order valence-electron chi connectivity index (χ2n) is 6.28. The molecule has 0 unspecified atom stereocenters. The monoisotopic (exact) mass is 413 g/mol. The van der Waals surface area contributed by atoms with E-state index in [0.717, 1.165) is 10.6 Å². The van der Waals surface area contributed by atoms with Crippen molar-refractivity contribution in [3.63, 3.8) is 0 Å². The van der Waals surface area contributed by atoms with E-state index in [1.165, 1.54) is 27.8 Å². The SMILES string of the molecule is Cc1nc(NC(=O)C2CCN(S(=O)(=O)c3ccc(Cl)cc3)CC2)sc1C. The molecule has 0 aliphatic carbocycles. The first-order valence-electron chi connectivity index (χ1n) is 8.28. The van der Waals surface area contributed by atoms with Crippen molar-refractivity contribution in [2.45, 2.75) is 31.6 Å². The second-order valence-corrected chi connectivity index (χ2v) is 9.86. The lowest BCUT2D eigenvalue weighted by atomic mass is 9.97. The molecule has 2 heterocycles. The van der Waals surface area contributed by atoms with Crippen LogP contribution >= 0.6 is 22.9 Å². The number of thiazole rings is 1. The Morgan fingerprint density at radius 2 is 1.85 bits per heavy atom. The summed E-state index contributed by atoms with van der Waals surface area (Å²) < 4.78 is 26.8. The number of nitrogens with one attached hydrogen (secondary N) is 1. The lowest BCUT2D eigenvalue weighted by Crippen LogP contribution is -2.41. The molecule has 1 amide bonds. The molecule has 0 bridgehead atoms. The highest BCUT2D eigenvalue weighted by Gasteiger charge is 2.32. The highest BCUT2D eigenvalue weighted by atomic mass is 35.5. The summed E-state index contributed by atoms with van der Waals surface area (Å²) in [5.41, 5.74) is 0.911. The van der Waals surface area contributed by atoms with Gasteiger partial charge in [0.2, 0.25) is 15.9 Å². The van der Waals surface area contributed by atoms with Gasteiger partial charge >= 0.3 is 0 Å². The number of amides is 1. The molecular weight excluding hydrogens is 394 g/mol. The molecule has 0 atom stereocenters.